The Morgan fingerprint density at radius 2 is 1.72 bits per heavy atom. The quantitative estimate of drug-likeness (QED) is 0.797. The van der Waals surface area contributed by atoms with Gasteiger partial charge in [0.1, 0.15) is 0 Å². The van der Waals surface area contributed by atoms with Gasteiger partial charge in [0, 0.05) is 32.4 Å². The number of carbonyl (C=O) groups excluding carboxylic acids is 1. The van der Waals surface area contributed by atoms with Crippen LogP contribution in [0.3, 0.4) is 0 Å². The molecule has 0 aromatic rings. The Bertz CT molecular complexity index is 324. The molecule has 0 aromatic heterocycles. The van der Waals surface area contributed by atoms with E-state index in [1.54, 1.807) is 4.90 Å². The van der Waals surface area contributed by atoms with Crippen molar-refractivity contribution < 1.29 is 19.8 Å². The van der Waals surface area contributed by atoms with E-state index in [0.29, 0.717) is 19.5 Å². The largest absolute Gasteiger partial charge is 0.479 e. The number of rotatable bonds is 3. The summed E-state index contributed by atoms with van der Waals surface area (Å²) < 4.78 is 0. The van der Waals surface area contributed by atoms with Gasteiger partial charge in [-0.3, -0.25) is 4.79 Å². The van der Waals surface area contributed by atoms with Crippen molar-refractivity contribution >= 4 is 11.9 Å². The fourth-order valence-corrected chi connectivity index (χ4v) is 1.98. The number of hydrogen-bond acceptors (Lipinski definition) is 3. The van der Waals surface area contributed by atoms with Crippen LogP contribution in [0.15, 0.2) is 0 Å². The Morgan fingerprint density at radius 1 is 1.22 bits per heavy atom. The molecule has 5 nitrogen and oxygen atoms in total. The summed E-state index contributed by atoms with van der Waals surface area (Å²) in [5, 5.41) is 18.6. The number of aliphatic carboxylic acids is 1. The van der Waals surface area contributed by atoms with Crippen LogP contribution in [0.2, 0.25) is 0 Å². The lowest BCUT2D eigenvalue weighted by atomic mass is 9.89. The van der Waals surface area contributed by atoms with E-state index in [1.807, 2.05) is 0 Å². The van der Waals surface area contributed by atoms with Gasteiger partial charge in [-0.2, -0.15) is 0 Å². The highest BCUT2D eigenvalue weighted by molar-refractivity contribution is 5.79. The molecule has 1 aliphatic rings. The molecule has 0 spiro atoms. The molecule has 1 fully saturated rings. The third kappa shape index (κ3) is 3.98. The van der Waals surface area contributed by atoms with E-state index < -0.39 is 11.6 Å². The van der Waals surface area contributed by atoms with Gasteiger partial charge in [-0.1, -0.05) is 20.8 Å². The second-order valence-corrected chi connectivity index (χ2v) is 6.28. The van der Waals surface area contributed by atoms with Crippen LogP contribution in [0.25, 0.3) is 0 Å². The van der Waals surface area contributed by atoms with Gasteiger partial charge in [0.05, 0.1) is 0 Å². The molecule has 0 atom stereocenters. The average molecular weight is 257 g/mol. The monoisotopic (exact) mass is 257 g/mol. The van der Waals surface area contributed by atoms with Gasteiger partial charge >= 0.3 is 5.97 Å². The van der Waals surface area contributed by atoms with E-state index >= 15 is 0 Å². The molecule has 104 valence electrons. The summed E-state index contributed by atoms with van der Waals surface area (Å²) in [5.41, 5.74) is -1.53. The maximum absolute atomic E-state index is 11.9. The number of carboxylic acids is 1. The van der Waals surface area contributed by atoms with Crippen LogP contribution in [0.4, 0.5) is 0 Å². The van der Waals surface area contributed by atoms with Gasteiger partial charge in [0.2, 0.25) is 5.91 Å². The second-order valence-electron chi connectivity index (χ2n) is 6.28. The number of nitrogens with zero attached hydrogens (tertiary/aromatic N) is 1. The molecule has 1 saturated heterocycles. The zero-order valence-electron chi connectivity index (χ0n) is 11.4. The predicted molar refractivity (Wildman–Crippen MR) is 67.1 cm³/mol. The zero-order chi connectivity index (χ0) is 14.0. The minimum Gasteiger partial charge on any atom is -0.479 e. The standard InChI is InChI=1S/C13H23NO4/c1-12(2,3)5-4-10(15)14-8-6-13(18,7-9-14)11(16)17/h18H,4-9H2,1-3H3,(H,16,17). The van der Waals surface area contributed by atoms with Crippen LogP contribution >= 0.6 is 0 Å². The molecule has 1 heterocycles. The third-order valence-electron chi connectivity index (χ3n) is 3.43. The maximum Gasteiger partial charge on any atom is 0.335 e. The summed E-state index contributed by atoms with van der Waals surface area (Å²) in [6.07, 6.45) is 1.52. The molecule has 0 bridgehead atoms. The van der Waals surface area contributed by atoms with E-state index in [1.165, 1.54) is 0 Å². The molecule has 0 unspecified atom stereocenters. The van der Waals surface area contributed by atoms with Crippen molar-refractivity contribution in [3.63, 3.8) is 0 Å². The number of amides is 1. The first kappa shape index (κ1) is 15.0. The first-order valence-electron chi connectivity index (χ1n) is 6.38. The third-order valence-corrected chi connectivity index (χ3v) is 3.43. The van der Waals surface area contributed by atoms with Gasteiger partial charge in [-0.05, 0) is 11.8 Å². The Morgan fingerprint density at radius 3 is 2.11 bits per heavy atom. The highest BCUT2D eigenvalue weighted by atomic mass is 16.4. The van der Waals surface area contributed by atoms with Gasteiger partial charge in [0.25, 0.3) is 0 Å². The van der Waals surface area contributed by atoms with Crippen LogP contribution in [0.1, 0.15) is 46.5 Å². The van der Waals surface area contributed by atoms with E-state index in [2.05, 4.69) is 20.8 Å². The minimum atomic E-state index is -1.65. The number of likely N-dealkylation sites (tertiary alicyclic amines) is 1. The highest BCUT2D eigenvalue weighted by Crippen LogP contribution is 2.25. The van der Waals surface area contributed by atoms with Crippen LogP contribution in [-0.2, 0) is 9.59 Å². The Kier molecular flexibility index (Phi) is 4.37. The smallest absolute Gasteiger partial charge is 0.335 e. The van der Waals surface area contributed by atoms with E-state index in [0.717, 1.165) is 6.42 Å². The van der Waals surface area contributed by atoms with Crippen molar-refractivity contribution in [1.82, 2.24) is 4.90 Å². The molecule has 2 N–H and O–H groups in total. The number of aliphatic hydroxyl groups is 1. The number of carboxylic acid groups (broad SMARTS) is 1. The molecule has 0 aromatic carbocycles. The molecule has 1 aliphatic heterocycles. The van der Waals surface area contributed by atoms with Crippen molar-refractivity contribution in [1.29, 1.82) is 0 Å². The Balaban J connectivity index is 2.43. The van der Waals surface area contributed by atoms with Crippen LogP contribution in [0.5, 0.6) is 0 Å². The highest BCUT2D eigenvalue weighted by Gasteiger charge is 2.40. The fraction of sp³-hybridized carbons (Fsp3) is 0.846. The summed E-state index contributed by atoms with van der Waals surface area (Å²) in [6.45, 7) is 6.90. The minimum absolute atomic E-state index is 0.0531. The molecule has 0 radical (unpaired) electrons. The van der Waals surface area contributed by atoms with Gasteiger partial charge in [-0.25, -0.2) is 4.79 Å². The molecule has 5 heteroatoms. The van der Waals surface area contributed by atoms with Gasteiger partial charge in [-0.15, -0.1) is 0 Å². The molecule has 1 rings (SSSR count). The molecule has 0 aliphatic carbocycles. The molecular formula is C13H23NO4. The second kappa shape index (κ2) is 5.26. The summed E-state index contributed by atoms with van der Waals surface area (Å²) in [4.78, 5) is 24.4. The topological polar surface area (TPSA) is 77.8 Å². The first-order valence-corrected chi connectivity index (χ1v) is 6.38. The molecule has 0 saturated carbocycles. The number of piperidine rings is 1. The van der Waals surface area contributed by atoms with Crippen molar-refractivity contribution in [2.24, 2.45) is 5.41 Å². The van der Waals surface area contributed by atoms with Crippen LogP contribution < -0.4 is 0 Å². The maximum atomic E-state index is 11.9. The number of hydrogen-bond donors (Lipinski definition) is 2. The van der Waals surface area contributed by atoms with Crippen molar-refractivity contribution in [2.45, 2.75) is 52.1 Å². The van der Waals surface area contributed by atoms with E-state index in [4.69, 9.17) is 5.11 Å². The lowest BCUT2D eigenvalue weighted by Gasteiger charge is -2.35. The van der Waals surface area contributed by atoms with E-state index in [-0.39, 0.29) is 24.2 Å². The van der Waals surface area contributed by atoms with Crippen LogP contribution in [-0.4, -0.2) is 45.7 Å². The summed E-state index contributed by atoms with van der Waals surface area (Å²) >= 11 is 0. The van der Waals surface area contributed by atoms with Crippen molar-refractivity contribution in [3.05, 3.63) is 0 Å². The average Bonchev–Trinajstić information content (AvgIpc) is 2.26. The molecule has 18 heavy (non-hydrogen) atoms. The fourth-order valence-electron chi connectivity index (χ4n) is 1.98. The van der Waals surface area contributed by atoms with Crippen LogP contribution in [0, 0.1) is 5.41 Å². The Hall–Kier alpha value is -1.10. The molecular weight excluding hydrogens is 234 g/mol. The summed E-state index contributed by atoms with van der Waals surface area (Å²) in [7, 11) is 0. The van der Waals surface area contributed by atoms with Crippen molar-refractivity contribution in [3.8, 4) is 0 Å². The lowest BCUT2D eigenvalue weighted by molar-refractivity contribution is -0.165. The lowest BCUT2D eigenvalue weighted by Crippen LogP contribution is -2.50. The zero-order valence-corrected chi connectivity index (χ0v) is 11.4. The first-order chi connectivity index (χ1) is 8.14. The van der Waals surface area contributed by atoms with Gasteiger partial charge < -0.3 is 15.1 Å². The van der Waals surface area contributed by atoms with E-state index in [9.17, 15) is 14.7 Å². The van der Waals surface area contributed by atoms with Crippen molar-refractivity contribution in [2.75, 3.05) is 13.1 Å². The summed E-state index contributed by atoms with van der Waals surface area (Å²) in [6, 6.07) is 0. The Labute approximate surface area is 108 Å². The number of carbonyl (C=O) groups is 2. The molecule has 1 amide bonds. The van der Waals surface area contributed by atoms with Gasteiger partial charge in [0.15, 0.2) is 5.60 Å². The SMILES string of the molecule is CC(C)(C)CCC(=O)N1CCC(O)(C(=O)O)CC1. The normalized spacial score (nSPS) is 19.7. The predicted octanol–water partition coefficient (Wildman–Crippen LogP) is 1.25. The summed E-state index contributed by atoms with van der Waals surface area (Å²) in [5.74, 6) is -1.14.